The van der Waals surface area contributed by atoms with E-state index in [0.29, 0.717) is 5.56 Å². The molecule has 0 atom stereocenters. The number of halogens is 1. The molecular weight excluding hydrogens is 442 g/mol. The molecule has 0 saturated carbocycles. The molecule has 0 radical (unpaired) electrons. The van der Waals surface area contributed by atoms with Crippen LogP contribution in [0.1, 0.15) is 29.0 Å². The summed E-state index contributed by atoms with van der Waals surface area (Å²) in [4.78, 5) is 17.4. The van der Waals surface area contributed by atoms with E-state index < -0.39 is 0 Å². The highest BCUT2D eigenvalue weighted by molar-refractivity contribution is 9.10. The summed E-state index contributed by atoms with van der Waals surface area (Å²) in [6.45, 7) is 1.05. The summed E-state index contributed by atoms with van der Waals surface area (Å²) in [6.07, 6.45) is 8.89. The summed E-state index contributed by atoms with van der Waals surface area (Å²) in [6, 6.07) is 15.6. The molecule has 150 valence electrons. The fourth-order valence-corrected chi connectivity index (χ4v) is 3.92. The molecule has 3 heterocycles. The number of amides is 1. The van der Waals surface area contributed by atoms with Gasteiger partial charge in [0.1, 0.15) is 5.82 Å². The molecule has 0 fully saturated rings. The SMILES string of the molecule is O=C(Nc1ccc(-c2cn3c(n2)CCCC3)cc1)c1cnn(-c2ccc(Br)cc2)c1. The van der Waals surface area contributed by atoms with Crippen LogP contribution in [0.25, 0.3) is 16.9 Å². The number of carbonyl (C=O) groups is 1. The van der Waals surface area contributed by atoms with Crippen LogP contribution in [0.3, 0.4) is 0 Å². The van der Waals surface area contributed by atoms with E-state index in [0.717, 1.165) is 45.9 Å². The monoisotopic (exact) mass is 461 g/mol. The first-order valence-corrected chi connectivity index (χ1v) is 10.7. The predicted octanol–water partition coefficient (Wildman–Crippen LogP) is 5.09. The lowest BCUT2D eigenvalue weighted by Crippen LogP contribution is -2.11. The molecule has 1 aliphatic heterocycles. The summed E-state index contributed by atoms with van der Waals surface area (Å²) in [7, 11) is 0. The molecule has 2 aromatic carbocycles. The van der Waals surface area contributed by atoms with Crippen LogP contribution in [0, 0.1) is 0 Å². The molecular formula is C23H20BrN5O. The quantitative estimate of drug-likeness (QED) is 0.460. The lowest BCUT2D eigenvalue weighted by molar-refractivity contribution is 0.102. The van der Waals surface area contributed by atoms with Crippen LogP contribution in [0.15, 0.2) is 71.6 Å². The molecule has 0 aliphatic carbocycles. The number of fused-ring (bicyclic) bond motifs is 1. The van der Waals surface area contributed by atoms with E-state index in [1.807, 2.05) is 48.5 Å². The minimum absolute atomic E-state index is 0.191. The molecule has 0 bridgehead atoms. The smallest absolute Gasteiger partial charge is 0.258 e. The van der Waals surface area contributed by atoms with Gasteiger partial charge in [0.05, 0.1) is 23.1 Å². The summed E-state index contributed by atoms with van der Waals surface area (Å²) < 4.78 is 4.93. The Bertz CT molecular complexity index is 1170. The van der Waals surface area contributed by atoms with Gasteiger partial charge >= 0.3 is 0 Å². The maximum atomic E-state index is 12.6. The van der Waals surface area contributed by atoms with Crippen molar-refractivity contribution in [2.45, 2.75) is 25.8 Å². The van der Waals surface area contributed by atoms with Crippen LogP contribution in [0.2, 0.25) is 0 Å². The van der Waals surface area contributed by atoms with Crippen LogP contribution in [0.5, 0.6) is 0 Å². The molecule has 0 spiro atoms. The van der Waals surface area contributed by atoms with Gasteiger partial charge < -0.3 is 9.88 Å². The maximum Gasteiger partial charge on any atom is 0.258 e. The van der Waals surface area contributed by atoms with Crippen molar-refractivity contribution >= 4 is 27.5 Å². The number of aromatic nitrogens is 4. The number of nitrogens with zero attached hydrogens (tertiary/aromatic N) is 4. The first kappa shape index (κ1) is 18.8. The van der Waals surface area contributed by atoms with Crippen molar-refractivity contribution in [1.29, 1.82) is 0 Å². The summed E-state index contributed by atoms with van der Waals surface area (Å²) >= 11 is 3.42. The van der Waals surface area contributed by atoms with Crippen LogP contribution < -0.4 is 5.32 Å². The molecule has 0 saturated heterocycles. The van der Waals surface area contributed by atoms with Crippen molar-refractivity contribution < 1.29 is 4.79 Å². The third kappa shape index (κ3) is 3.80. The predicted molar refractivity (Wildman–Crippen MR) is 120 cm³/mol. The van der Waals surface area contributed by atoms with Gasteiger partial charge in [-0.1, -0.05) is 28.1 Å². The van der Waals surface area contributed by atoms with Gasteiger partial charge in [-0.25, -0.2) is 9.67 Å². The second kappa shape index (κ2) is 7.91. The maximum absolute atomic E-state index is 12.6. The Labute approximate surface area is 182 Å². The highest BCUT2D eigenvalue weighted by Gasteiger charge is 2.14. The zero-order chi connectivity index (χ0) is 20.5. The second-order valence-corrected chi connectivity index (χ2v) is 8.29. The molecule has 1 aliphatic rings. The minimum atomic E-state index is -0.191. The number of anilines is 1. The van der Waals surface area contributed by atoms with Gasteiger partial charge in [-0.05, 0) is 49.2 Å². The summed E-state index contributed by atoms with van der Waals surface area (Å²) in [5.74, 6) is 0.972. The molecule has 1 N–H and O–H groups in total. The number of rotatable bonds is 4. The largest absolute Gasteiger partial charge is 0.334 e. The summed E-state index contributed by atoms with van der Waals surface area (Å²) in [5, 5.41) is 7.23. The lowest BCUT2D eigenvalue weighted by atomic mass is 10.1. The Morgan fingerprint density at radius 3 is 2.57 bits per heavy atom. The van der Waals surface area contributed by atoms with E-state index in [-0.39, 0.29) is 5.91 Å². The molecule has 7 heteroatoms. The van der Waals surface area contributed by atoms with Gasteiger partial charge in [-0.3, -0.25) is 4.79 Å². The van der Waals surface area contributed by atoms with Crippen molar-refractivity contribution in [2.24, 2.45) is 0 Å². The van der Waals surface area contributed by atoms with Gasteiger partial charge in [0.15, 0.2) is 0 Å². The molecule has 4 aromatic rings. The number of aryl methyl sites for hydroxylation is 2. The van der Waals surface area contributed by atoms with Crippen molar-refractivity contribution in [2.75, 3.05) is 5.32 Å². The Hall–Kier alpha value is -3.19. The Morgan fingerprint density at radius 1 is 1.00 bits per heavy atom. The van der Waals surface area contributed by atoms with Crippen molar-refractivity contribution in [3.05, 3.63) is 83.0 Å². The fraction of sp³-hybridized carbons (Fsp3) is 0.174. The topological polar surface area (TPSA) is 64.7 Å². The number of hydrogen-bond acceptors (Lipinski definition) is 3. The molecule has 6 nitrogen and oxygen atoms in total. The van der Waals surface area contributed by atoms with E-state index >= 15 is 0 Å². The van der Waals surface area contributed by atoms with Crippen molar-refractivity contribution in [3.8, 4) is 16.9 Å². The Balaban J connectivity index is 1.28. The Kier molecular flexibility index (Phi) is 4.96. The van der Waals surface area contributed by atoms with Gasteiger partial charge in [0.25, 0.3) is 5.91 Å². The van der Waals surface area contributed by atoms with E-state index in [2.05, 4.69) is 37.1 Å². The molecule has 1 amide bonds. The molecule has 2 aromatic heterocycles. The average molecular weight is 462 g/mol. The van der Waals surface area contributed by atoms with Gasteiger partial charge in [-0.2, -0.15) is 5.10 Å². The van der Waals surface area contributed by atoms with E-state index in [1.54, 1.807) is 17.1 Å². The molecule has 5 rings (SSSR count). The highest BCUT2D eigenvalue weighted by Crippen LogP contribution is 2.24. The number of imidazole rings is 1. The second-order valence-electron chi connectivity index (χ2n) is 7.37. The Morgan fingerprint density at radius 2 is 1.80 bits per heavy atom. The number of benzene rings is 2. The van der Waals surface area contributed by atoms with Gasteiger partial charge in [0, 0.05) is 41.1 Å². The van der Waals surface area contributed by atoms with Crippen LogP contribution in [-0.4, -0.2) is 25.2 Å². The first-order chi connectivity index (χ1) is 14.7. The fourth-order valence-electron chi connectivity index (χ4n) is 3.65. The minimum Gasteiger partial charge on any atom is -0.334 e. The zero-order valence-electron chi connectivity index (χ0n) is 16.3. The zero-order valence-corrected chi connectivity index (χ0v) is 17.8. The van der Waals surface area contributed by atoms with E-state index in [1.165, 1.54) is 12.8 Å². The summed E-state index contributed by atoms with van der Waals surface area (Å²) in [5.41, 5.74) is 4.18. The normalized spacial score (nSPS) is 13.1. The van der Waals surface area contributed by atoms with E-state index in [4.69, 9.17) is 4.98 Å². The van der Waals surface area contributed by atoms with Crippen molar-refractivity contribution in [1.82, 2.24) is 19.3 Å². The number of nitrogens with one attached hydrogen (secondary N) is 1. The number of carbonyl (C=O) groups excluding carboxylic acids is 1. The number of hydrogen-bond donors (Lipinski definition) is 1. The molecule has 30 heavy (non-hydrogen) atoms. The lowest BCUT2D eigenvalue weighted by Gasteiger charge is -2.11. The third-order valence-corrected chi connectivity index (χ3v) is 5.81. The van der Waals surface area contributed by atoms with Gasteiger partial charge in [-0.15, -0.1) is 0 Å². The van der Waals surface area contributed by atoms with Crippen LogP contribution in [-0.2, 0) is 13.0 Å². The van der Waals surface area contributed by atoms with Gasteiger partial charge in [0.2, 0.25) is 0 Å². The highest BCUT2D eigenvalue weighted by atomic mass is 79.9. The first-order valence-electron chi connectivity index (χ1n) is 9.94. The average Bonchev–Trinajstić information content (AvgIpc) is 3.42. The van der Waals surface area contributed by atoms with Crippen LogP contribution in [0.4, 0.5) is 5.69 Å². The van der Waals surface area contributed by atoms with Crippen molar-refractivity contribution in [3.63, 3.8) is 0 Å². The molecule has 0 unspecified atom stereocenters. The van der Waals surface area contributed by atoms with Crippen LogP contribution >= 0.6 is 15.9 Å². The standard InChI is InChI=1S/C23H20BrN5O/c24-18-6-10-20(11-7-18)29-14-17(13-25-29)23(30)26-19-8-4-16(5-9-19)21-15-28-12-2-1-3-22(28)27-21/h4-11,13-15H,1-3,12H2,(H,26,30). The van der Waals surface area contributed by atoms with E-state index in [9.17, 15) is 4.79 Å². The third-order valence-electron chi connectivity index (χ3n) is 5.28.